The fraction of sp³-hybridized carbons (Fsp3) is 0.500. The number of anilines is 1. The third-order valence-electron chi connectivity index (χ3n) is 3.69. The first-order chi connectivity index (χ1) is 9.04. The van der Waals surface area contributed by atoms with Gasteiger partial charge in [0.05, 0.1) is 15.7 Å². The molecule has 1 amide bonds. The van der Waals surface area contributed by atoms with Crippen molar-refractivity contribution in [2.24, 2.45) is 0 Å². The van der Waals surface area contributed by atoms with E-state index < -0.39 is 0 Å². The van der Waals surface area contributed by atoms with Crippen LogP contribution in [-0.4, -0.2) is 23.4 Å². The lowest BCUT2D eigenvalue weighted by atomic mass is 10.1. The van der Waals surface area contributed by atoms with Gasteiger partial charge < -0.3 is 10.6 Å². The Labute approximate surface area is 123 Å². The number of nitrogens with zero attached hydrogens (tertiary/aromatic N) is 1. The molecule has 1 aromatic rings. The van der Waals surface area contributed by atoms with Crippen LogP contribution in [0.15, 0.2) is 12.1 Å². The third-order valence-corrected chi connectivity index (χ3v) is 4.32. The highest BCUT2D eigenvalue weighted by Gasteiger charge is 2.26. The first-order valence-electron chi connectivity index (χ1n) is 6.60. The minimum Gasteiger partial charge on any atom is -0.396 e. The van der Waals surface area contributed by atoms with Gasteiger partial charge in [0.15, 0.2) is 0 Å². The zero-order valence-electron chi connectivity index (χ0n) is 11.0. The van der Waals surface area contributed by atoms with Crippen molar-refractivity contribution in [2.75, 3.05) is 12.3 Å². The summed E-state index contributed by atoms with van der Waals surface area (Å²) in [5.41, 5.74) is 6.53. The van der Waals surface area contributed by atoms with Gasteiger partial charge in [-0.25, -0.2) is 0 Å². The summed E-state index contributed by atoms with van der Waals surface area (Å²) in [7, 11) is 0. The lowest BCUT2D eigenvalue weighted by Crippen LogP contribution is -2.38. The molecule has 19 heavy (non-hydrogen) atoms. The lowest BCUT2D eigenvalue weighted by Gasteiger charge is -2.28. The van der Waals surface area contributed by atoms with Gasteiger partial charge in [-0.2, -0.15) is 0 Å². The number of nitrogens with two attached hydrogens (primary N) is 1. The molecule has 3 nitrogen and oxygen atoms in total. The summed E-state index contributed by atoms with van der Waals surface area (Å²) in [6.45, 7) is 2.69. The molecule has 0 spiro atoms. The minimum atomic E-state index is -0.0156. The monoisotopic (exact) mass is 300 g/mol. The Morgan fingerprint density at radius 1 is 1.32 bits per heavy atom. The topological polar surface area (TPSA) is 46.3 Å². The Kier molecular flexibility index (Phi) is 4.58. The molecule has 2 N–H and O–H groups in total. The molecule has 0 atom stereocenters. The van der Waals surface area contributed by atoms with Crippen molar-refractivity contribution in [2.45, 2.75) is 38.6 Å². The van der Waals surface area contributed by atoms with Gasteiger partial charge in [-0.05, 0) is 31.9 Å². The summed E-state index contributed by atoms with van der Waals surface area (Å²) in [6, 6.07) is 3.54. The maximum absolute atomic E-state index is 12.5. The predicted octanol–water partition coefficient (Wildman–Crippen LogP) is 3.98. The number of benzene rings is 1. The maximum atomic E-state index is 12.5. The van der Waals surface area contributed by atoms with E-state index in [0.29, 0.717) is 33.9 Å². The molecule has 2 rings (SSSR count). The Balaban J connectivity index is 2.26. The number of nitrogen functional groups attached to an aromatic ring is 1. The summed E-state index contributed by atoms with van der Waals surface area (Å²) < 4.78 is 0. The fourth-order valence-electron chi connectivity index (χ4n) is 2.66. The normalized spacial score (nSPS) is 15.7. The molecular formula is C14H18Cl2N2O. The van der Waals surface area contributed by atoms with Gasteiger partial charge in [0.25, 0.3) is 5.91 Å². The van der Waals surface area contributed by atoms with Gasteiger partial charge in [-0.1, -0.05) is 36.0 Å². The quantitative estimate of drug-likeness (QED) is 0.858. The van der Waals surface area contributed by atoms with E-state index >= 15 is 0 Å². The molecule has 0 aliphatic heterocycles. The van der Waals surface area contributed by atoms with Crippen LogP contribution in [0.3, 0.4) is 0 Å². The van der Waals surface area contributed by atoms with Crippen LogP contribution in [0.1, 0.15) is 43.0 Å². The number of carbonyl (C=O) groups is 1. The number of hydrogen-bond donors (Lipinski definition) is 1. The van der Waals surface area contributed by atoms with Crippen molar-refractivity contribution in [1.82, 2.24) is 4.90 Å². The van der Waals surface area contributed by atoms with Crippen molar-refractivity contribution < 1.29 is 4.79 Å². The molecule has 0 bridgehead atoms. The molecule has 0 aromatic heterocycles. The average Bonchev–Trinajstić information content (AvgIpc) is 2.90. The molecule has 0 saturated heterocycles. The van der Waals surface area contributed by atoms with Gasteiger partial charge in [0.2, 0.25) is 0 Å². The average molecular weight is 301 g/mol. The van der Waals surface area contributed by atoms with Crippen LogP contribution in [0.5, 0.6) is 0 Å². The van der Waals surface area contributed by atoms with Crippen LogP contribution < -0.4 is 5.73 Å². The van der Waals surface area contributed by atoms with Crippen LogP contribution >= 0.6 is 23.2 Å². The van der Waals surface area contributed by atoms with E-state index in [1.54, 1.807) is 12.1 Å². The molecule has 1 aliphatic rings. The van der Waals surface area contributed by atoms with Gasteiger partial charge in [0.1, 0.15) is 0 Å². The molecule has 0 heterocycles. The van der Waals surface area contributed by atoms with Crippen molar-refractivity contribution >= 4 is 34.8 Å². The maximum Gasteiger partial charge on any atom is 0.254 e. The van der Waals surface area contributed by atoms with Crippen LogP contribution in [0, 0.1) is 0 Å². The van der Waals surface area contributed by atoms with E-state index in [1.165, 1.54) is 12.8 Å². The largest absolute Gasteiger partial charge is 0.396 e. The highest BCUT2D eigenvalue weighted by Crippen LogP contribution is 2.31. The van der Waals surface area contributed by atoms with E-state index in [4.69, 9.17) is 28.9 Å². The summed E-state index contributed by atoms with van der Waals surface area (Å²) in [5.74, 6) is -0.0156. The summed E-state index contributed by atoms with van der Waals surface area (Å²) in [6.07, 6.45) is 4.54. The predicted molar refractivity (Wildman–Crippen MR) is 79.8 cm³/mol. The molecule has 1 fully saturated rings. The first kappa shape index (κ1) is 14.5. The van der Waals surface area contributed by atoms with Crippen molar-refractivity contribution in [3.8, 4) is 0 Å². The standard InChI is InChI=1S/C14H18Cl2N2O/c1-2-18(10-5-3-4-6-10)14(19)9-7-11(15)13(17)12(16)8-9/h7-8,10H,2-6,17H2,1H3. The Morgan fingerprint density at radius 2 is 1.84 bits per heavy atom. The van der Waals surface area contributed by atoms with Crippen LogP contribution in [0.4, 0.5) is 5.69 Å². The van der Waals surface area contributed by atoms with Crippen molar-refractivity contribution in [3.63, 3.8) is 0 Å². The highest BCUT2D eigenvalue weighted by molar-refractivity contribution is 6.39. The second-order valence-electron chi connectivity index (χ2n) is 4.88. The number of amides is 1. The second kappa shape index (κ2) is 6.02. The van der Waals surface area contributed by atoms with Crippen LogP contribution in [0.2, 0.25) is 10.0 Å². The molecule has 104 valence electrons. The van der Waals surface area contributed by atoms with Gasteiger partial charge in [0, 0.05) is 18.2 Å². The van der Waals surface area contributed by atoms with Crippen LogP contribution in [0.25, 0.3) is 0 Å². The molecule has 1 saturated carbocycles. The summed E-state index contributed by atoms with van der Waals surface area (Å²) in [5, 5.41) is 0.664. The number of halogens is 2. The molecule has 1 aromatic carbocycles. The molecule has 0 unspecified atom stereocenters. The number of hydrogen-bond acceptors (Lipinski definition) is 2. The summed E-state index contributed by atoms with van der Waals surface area (Å²) in [4.78, 5) is 14.5. The molecule has 5 heteroatoms. The third kappa shape index (κ3) is 2.98. The van der Waals surface area contributed by atoms with Crippen molar-refractivity contribution in [3.05, 3.63) is 27.7 Å². The summed E-state index contributed by atoms with van der Waals surface area (Å²) >= 11 is 12.0. The van der Waals surface area contributed by atoms with E-state index in [9.17, 15) is 4.79 Å². The van der Waals surface area contributed by atoms with E-state index in [-0.39, 0.29) is 5.91 Å². The zero-order valence-corrected chi connectivity index (χ0v) is 12.5. The van der Waals surface area contributed by atoms with Crippen molar-refractivity contribution in [1.29, 1.82) is 0 Å². The first-order valence-corrected chi connectivity index (χ1v) is 7.35. The number of carbonyl (C=O) groups excluding carboxylic acids is 1. The Hall–Kier alpha value is -0.930. The number of rotatable bonds is 3. The molecule has 0 radical (unpaired) electrons. The van der Waals surface area contributed by atoms with E-state index in [2.05, 4.69) is 0 Å². The smallest absolute Gasteiger partial charge is 0.254 e. The van der Waals surface area contributed by atoms with Gasteiger partial charge >= 0.3 is 0 Å². The van der Waals surface area contributed by atoms with Gasteiger partial charge in [-0.3, -0.25) is 4.79 Å². The van der Waals surface area contributed by atoms with E-state index in [0.717, 1.165) is 12.8 Å². The Morgan fingerprint density at radius 3 is 2.32 bits per heavy atom. The molecule has 1 aliphatic carbocycles. The highest BCUT2D eigenvalue weighted by atomic mass is 35.5. The molecular weight excluding hydrogens is 283 g/mol. The Bertz CT molecular complexity index is 461. The van der Waals surface area contributed by atoms with Crippen LogP contribution in [-0.2, 0) is 0 Å². The lowest BCUT2D eigenvalue weighted by molar-refractivity contribution is 0.0693. The fourth-order valence-corrected chi connectivity index (χ4v) is 3.14. The minimum absolute atomic E-state index is 0.0156. The zero-order chi connectivity index (χ0) is 14.0. The van der Waals surface area contributed by atoms with E-state index in [1.807, 2.05) is 11.8 Å². The van der Waals surface area contributed by atoms with Gasteiger partial charge in [-0.15, -0.1) is 0 Å². The second-order valence-corrected chi connectivity index (χ2v) is 5.70. The SMILES string of the molecule is CCN(C(=O)c1cc(Cl)c(N)c(Cl)c1)C1CCCC1.